The van der Waals surface area contributed by atoms with Gasteiger partial charge in [-0.3, -0.25) is 29.8 Å². The number of nitrogens with zero attached hydrogens (tertiary/aromatic N) is 2. The molecule has 3 fully saturated rings. The second kappa shape index (κ2) is 9.82. The number of para-hydroxylation sites is 1. The Bertz CT molecular complexity index is 1230. The lowest BCUT2D eigenvalue weighted by molar-refractivity contribution is -0.191. The van der Waals surface area contributed by atoms with Gasteiger partial charge in [-0.05, 0) is 36.0 Å². The van der Waals surface area contributed by atoms with Crippen LogP contribution in [0.1, 0.15) is 75.5 Å². The molecule has 0 radical (unpaired) electrons. The minimum Gasteiger partial charge on any atom is -0.342 e. The Kier molecular flexibility index (Phi) is 6.48. The summed E-state index contributed by atoms with van der Waals surface area (Å²) in [5.41, 5.74) is 2.04. The number of carbonyl (C=O) groups is 3. The molecule has 0 bridgehead atoms. The van der Waals surface area contributed by atoms with Gasteiger partial charge < -0.3 is 5.32 Å². The Morgan fingerprint density at radius 3 is 2.45 bits per heavy atom. The summed E-state index contributed by atoms with van der Waals surface area (Å²) in [7, 11) is 0. The largest absolute Gasteiger partial charge is 0.342 e. The van der Waals surface area contributed by atoms with E-state index in [-0.39, 0.29) is 24.3 Å². The second-order valence-corrected chi connectivity index (χ2v) is 11.6. The SMILES string of the molecule is C[C@@]1(C[C@@H]2C(=O)N[C@@H](CC3CCCCC3)C(=O)N2O)c2ccccc2N2C(=O)C[C@@H](c3ccccc3)N[C@H]21. The predicted molar refractivity (Wildman–Crippen MR) is 142 cm³/mol. The first-order valence-corrected chi connectivity index (χ1v) is 13.9. The molecule has 3 amide bonds. The summed E-state index contributed by atoms with van der Waals surface area (Å²) >= 11 is 0. The minimum atomic E-state index is -1.04. The van der Waals surface area contributed by atoms with Crippen molar-refractivity contribution < 1.29 is 19.6 Å². The molecule has 0 unspecified atom stereocenters. The van der Waals surface area contributed by atoms with E-state index in [1.165, 1.54) is 6.42 Å². The standard InChI is InChI=1S/C30H36N4O4/c1-30(18-25-27(36)31-23(28(37)34(25)38)16-19-10-4-2-5-11-19)21-14-8-9-15-24(21)33-26(35)17-22(32-29(30)33)20-12-6-3-7-13-20/h3,6-9,12-15,19,22-23,25,29,32,38H,2,4-5,10-11,16-18H2,1H3,(H,31,36)/t22-,23-,25+,29+,30+/m0/s1. The van der Waals surface area contributed by atoms with E-state index < -0.39 is 29.6 Å². The lowest BCUT2D eigenvalue weighted by Gasteiger charge is -2.45. The molecule has 2 aromatic carbocycles. The molecule has 1 aliphatic carbocycles. The Morgan fingerprint density at radius 1 is 0.974 bits per heavy atom. The number of carbonyl (C=O) groups excluding carboxylic acids is 3. The Balaban J connectivity index is 1.28. The van der Waals surface area contributed by atoms with Crippen LogP contribution in [0.25, 0.3) is 0 Å². The molecular formula is C30H36N4O4. The van der Waals surface area contributed by atoms with Crippen LogP contribution < -0.4 is 15.5 Å². The van der Waals surface area contributed by atoms with Crippen molar-refractivity contribution in [1.29, 1.82) is 0 Å². The number of anilines is 1. The highest BCUT2D eigenvalue weighted by molar-refractivity contribution is 5.99. The fourth-order valence-corrected chi connectivity index (χ4v) is 7.17. The quantitative estimate of drug-likeness (QED) is 0.525. The van der Waals surface area contributed by atoms with Crippen LogP contribution in [0.4, 0.5) is 5.69 Å². The minimum absolute atomic E-state index is 0.0105. The third-order valence-electron chi connectivity index (χ3n) is 9.20. The maximum absolute atomic E-state index is 13.5. The monoisotopic (exact) mass is 516 g/mol. The Hall–Kier alpha value is -3.23. The molecule has 0 aromatic heterocycles. The molecule has 3 heterocycles. The lowest BCUT2D eigenvalue weighted by Crippen LogP contribution is -2.66. The van der Waals surface area contributed by atoms with Gasteiger partial charge >= 0.3 is 0 Å². The summed E-state index contributed by atoms with van der Waals surface area (Å²) in [4.78, 5) is 41.9. The van der Waals surface area contributed by atoms with Gasteiger partial charge in [0.05, 0.1) is 6.17 Å². The number of fused-ring (bicyclic) bond motifs is 3. The molecule has 38 heavy (non-hydrogen) atoms. The third kappa shape index (κ3) is 4.20. The first kappa shape index (κ1) is 25.1. The van der Waals surface area contributed by atoms with Crippen molar-refractivity contribution in [3.63, 3.8) is 0 Å². The molecular weight excluding hydrogens is 480 g/mol. The Morgan fingerprint density at radius 2 is 1.68 bits per heavy atom. The number of nitrogens with one attached hydrogen (secondary N) is 2. The molecule has 200 valence electrons. The number of amides is 3. The number of hydrogen-bond acceptors (Lipinski definition) is 5. The fourth-order valence-electron chi connectivity index (χ4n) is 7.17. The zero-order valence-electron chi connectivity index (χ0n) is 21.8. The van der Waals surface area contributed by atoms with Crippen LogP contribution in [0, 0.1) is 5.92 Å². The van der Waals surface area contributed by atoms with Crippen LogP contribution in [0.3, 0.4) is 0 Å². The van der Waals surface area contributed by atoms with Crippen LogP contribution in [-0.4, -0.2) is 46.2 Å². The van der Waals surface area contributed by atoms with Crippen molar-refractivity contribution in [2.75, 3.05) is 4.90 Å². The summed E-state index contributed by atoms with van der Waals surface area (Å²) in [6, 6.07) is 15.7. The van der Waals surface area contributed by atoms with Gasteiger partial charge in [0.1, 0.15) is 12.1 Å². The number of hydroxylamine groups is 2. The van der Waals surface area contributed by atoms with Gasteiger partial charge in [0.25, 0.3) is 5.91 Å². The van der Waals surface area contributed by atoms with Gasteiger partial charge in [0.2, 0.25) is 11.8 Å². The summed E-state index contributed by atoms with van der Waals surface area (Å²) < 4.78 is 0. The van der Waals surface area contributed by atoms with Gasteiger partial charge in [0.15, 0.2) is 0 Å². The molecule has 4 aliphatic rings. The molecule has 3 aliphatic heterocycles. The maximum Gasteiger partial charge on any atom is 0.269 e. The fraction of sp³-hybridized carbons (Fsp3) is 0.500. The third-order valence-corrected chi connectivity index (χ3v) is 9.20. The van der Waals surface area contributed by atoms with E-state index in [1.54, 1.807) is 4.90 Å². The first-order chi connectivity index (χ1) is 18.4. The highest BCUT2D eigenvalue weighted by Gasteiger charge is 2.56. The molecule has 3 N–H and O–H groups in total. The average Bonchev–Trinajstić information content (AvgIpc) is 3.19. The van der Waals surface area contributed by atoms with Gasteiger partial charge in [0, 0.05) is 23.6 Å². The molecule has 8 heteroatoms. The number of benzene rings is 2. The van der Waals surface area contributed by atoms with E-state index in [4.69, 9.17) is 0 Å². The summed E-state index contributed by atoms with van der Waals surface area (Å²) in [5.74, 6) is -0.381. The zero-order valence-corrected chi connectivity index (χ0v) is 21.8. The van der Waals surface area contributed by atoms with E-state index in [1.807, 2.05) is 61.5 Å². The van der Waals surface area contributed by atoms with Crippen LogP contribution in [-0.2, 0) is 19.8 Å². The topological polar surface area (TPSA) is 102 Å². The van der Waals surface area contributed by atoms with Crippen molar-refractivity contribution in [2.45, 2.75) is 88.0 Å². The zero-order chi connectivity index (χ0) is 26.4. The molecule has 8 nitrogen and oxygen atoms in total. The van der Waals surface area contributed by atoms with Crippen LogP contribution in [0.5, 0.6) is 0 Å². The van der Waals surface area contributed by atoms with Gasteiger partial charge in [-0.1, -0.05) is 87.6 Å². The number of piperazine rings is 1. The Labute approximate surface area is 223 Å². The molecule has 1 saturated carbocycles. The van der Waals surface area contributed by atoms with Crippen molar-refractivity contribution >= 4 is 23.4 Å². The summed E-state index contributed by atoms with van der Waals surface area (Å²) in [5, 5.41) is 18.3. The highest BCUT2D eigenvalue weighted by Crippen LogP contribution is 2.50. The van der Waals surface area contributed by atoms with Gasteiger partial charge in [-0.2, -0.15) is 0 Å². The first-order valence-electron chi connectivity index (χ1n) is 13.9. The smallest absolute Gasteiger partial charge is 0.269 e. The highest BCUT2D eigenvalue weighted by atomic mass is 16.5. The lowest BCUT2D eigenvalue weighted by atomic mass is 9.75. The predicted octanol–water partition coefficient (Wildman–Crippen LogP) is 3.80. The number of rotatable bonds is 5. The summed E-state index contributed by atoms with van der Waals surface area (Å²) in [6.07, 6.45) is 6.27. The molecule has 2 aromatic rings. The van der Waals surface area contributed by atoms with Crippen molar-refractivity contribution in [3.05, 3.63) is 65.7 Å². The van der Waals surface area contributed by atoms with Gasteiger partial charge in [-0.25, -0.2) is 5.06 Å². The van der Waals surface area contributed by atoms with E-state index in [2.05, 4.69) is 10.6 Å². The molecule has 5 atom stereocenters. The van der Waals surface area contributed by atoms with Crippen LogP contribution in [0.15, 0.2) is 54.6 Å². The van der Waals surface area contributed by atoms with Crippen molar-refractivity contribution in [1.82, 2.24) is 15.7 Å². The van der Waals surface area contributed by atoms with Crippen molar-refractivity contribution in [2.24, 2.45) is 5.92 Å². The van der Waals surface area contributed by atoms with E-state index in [0.717, 1.165) is 42.5 Å². The van der Waals surface area contributed by atoms with E-state index >= 15 is 0 Å². The molecule has 0 spiro atoms. The average molecular weight is 517 g/mol. The van der Waals surface area contributed by atoms with Gasteiger partial charge in [-0.15, -0.1) is 0 Å². The number of hydrogen-bond donors (Lipinski definition) is 3. The van der Waals surface area contributed by atoms with Crippen LogP contribution >= 0.6 is 0 Å². The van der Waals surface area contributed by atoms with Crippen LogP contribution in [0.2, 0.25) is 0 Å². The second-order valence-electron chi connectivity index (χ2n) is 11.6. The molecule has 2 saturated heterocycles. The van der Waals surface area contributed by atoms with E-state index in [0.29, 0.717) is 23.8 Å². The summed E-state index contributed by atoms with van der Waals surface area (Å²) in [6.45, 7) is 2.02. The van der Waals surface area contributed by atoms with E-state index in [9.17, 15) is 19.6 Å². The molecule has 6 rings (SSSR count). The maximum atomic E-state index is 13.5. The van der Waals surface area contributed by atoms with Crippen molar-refractivity contribution in [3.8, 4) is 0 Å². The normalized spacial score (nSPS) is 31.7.